The molecule has 1 saturated heterocycles. The maximum absolute atomic E-state index is 12.8. The molecule has 0 bridgehead atoms. The van der Waals surface area contributed by atoms with E-state index in [1.54, 1.807) is 24.3 Å². The average molecular weight is 592 g/mol. The number of carbonyl (C=O) groups is 2. The lowest BCUT2D eigenvalue weighted by atomic mass is 9.85. The van der Waals surface area contributed by atoms with Crippen LogP contribution >= 0.6 is 0 Å². The topological polar surface area (TPSA) is 94.1 Å². The van der Waals surface area contributed by atoms with Gasteiger partial charge in [0.1, 0.15) is 17.2 Å². The second-order valence-corrected chi connectivity index (χ2v) is 10.7. The first kappa shape index (κ1) is 28.5. The average Bonchev–Trinajstić information content (AvgIpc) is 3.00. The molecule has 2 atom stereocenters. The zero-order valence-electron chi connectivity index (χ0n) is 22.9. The molecule has 4 aromatic carbocycles. The molecule has 2 unspecified atom stereocenters. The molecule has 0 saturated carbocycles. The molecular formula is C33H28F3NO6. The smallest absolute Gasteiger partial charge is 0.491 e. The standard InChI is InChI=1S/C33H28F3NO6/c34-33(35,36)32(40)42-24-10-12-25-20(17-24)6-11-26-27-18-21(31(38)39)7-13-28(27)43-30(29(25)26)19-4-8-23(9-5-19)41-16-14-22-3-1-2-15-37-22/h4-13,17-18,22,30,37H,1-3,14-16H2,(H,38,39). The van der Waals surface area contributed by atoms with Crippen LogP contribution in [0.3, 0.4) is 0 Å². The number of aromatic carboxylic acids is 1. The van der Waals surface area contributed by atoms with Crippen molar-refractivity contribution in [1.82, 2.24) is 5.32 Å². The Labute approximate surface area is 245 Å². The SMILES string of the molecule is O=C(O)c1ccc2c(c1)-c1ccc3cc(OC(=O)C(F)(F)F)ccc3c1C(c1ccc(OCCC3CCCCN3)cc1)O2. The number of carbonyl (C=O) groups excluding carboxylic acids is 1. The van der Waals surface area contributed by atoms with Crippen molar-refractivity contribution in [2.75, 3.05) is 13.2 Å². The van der Waals surface area contributed by atoms with Gasteiger partial charge in [-0.25, -0.2) is 9.59 Å². The van der Waals surface area contributed by atoms with Gasteiger partial charge in [0.2, 0.25) is 0 Å². The summed E-state index contributed by atoms with van der Waals surface area (Å²) in [6.45, 7) is 1.63. The molecule has 4 aromatic rings. The normalized spacial score (nSPS) is 17.8. The van der Waals surface area contributed by atoms with Crippen molar-refractivity contribution >= 4 is 22.7 Å². The molecule has 0 aromatic heterocycles. The predicted octanol–water partition coefficient (Wildman–Crippen LogP) is 7.07. The molecule has 6 rings (SSSR count). The third kappa shape index (κ3) is 6.01. The predicted molar refractivity (Wildman–Crippen MR) is 153 cm³/mol. The molecule has 1 fully saturated rings. The summed E-state index contributed by atoms with van der Waals surface area (Å²) in [6, 6.07) is 20.3. The van der Waals surface area contributed by atoms with E-state index in [0.717, 1.165) is 36.3 Å². The molecule has 7 nitrogen and oxygen atoms in total. The number of fused-ring (bicyclic) bond motifs is 5. The summed E-state index contributed by atoms with van der Waals surface area (Å²) < 4.78 is 55.3. The van der Waals surface area contributed by atoms with Gasteiger partial charge in [0.05, 0.1) is 12.2 Å². The first-order valence-corrected chi connectivity index (χ1v) is 14.0. The van der Waals surface area contributed by atoms with Gasteiger partial charge in [0.25, 0.3) is 0 Å². The van der Waals surface area contributed by atoms with E-state index in [4.69, 9.17) is 9.47 Å². The summed E-state index contributed by atoms with van der Waals surface area (Å²) in [4.78, 5) is 23.1. The maximum atomic E-state index is 12.8. The van der Waals surface area contributed by atoms with Crippen molar-refractivity contribution in [1.29, 1.82) is 0 Å². The van der Waals surface area contributed by atoms with E-state index in [-0.39, 0.29) is 11.3 Å². The van der Waals surface area contributed by atoms with Gasteiger partial charge in [0, 0.05) is 17.2 Å². The van der Waals surface area contributed by atoms with Crippen LogP contribution in [0.15, 0.2) is 72.8 Å². The Kier molecular flexibility index (Phi) is 7.70. The molecular weight excluding hydrogens is 563 g/mol. The van der Waals surface area contributed by atoms with Gasteiger partial charge < -0.3 is 24.6 Å². The second-order valence-electron chi connectivity index (χ2n) is 10.7. The van der Waals surface area contributed by atoms with Gasteiger partial charge in [-0.1, -0.05) is 36.8 Å². The Bertz CT molecular complexity index is 1680. The van der Waals surface area contributed by atoms with E-state index >= 15 is 0 Å². The molecule has 0 spiro atoms. The Balaban J connectivity index is 1.34. The minimum absolute atomic E-state index is 0.0891. The number of benzene rings is 4. The van der Waals surface area contributed by atoms with E-state index in [9.17, 15) is 27.9 Å². The largest absolute Gasteiger partial charge is 0.494 e. The van der Waals surface area contributed by atoms with Crippen LogP contribution in [-0.4, -0.2) is 42.4 Å². The van der Waals surface area contributed by atoms with Crippen LogP contribution in [0.2, 0.25) is 0 Å². The van der Waals surface area contributed by atoms with Gasteiger partial charge in [0.15, 0.2) is 6.10 Å². The fourth-order valence-electron chi connectivity index (χ4n) is 5.70. The molecule has 0 amide bonds. The van der Waals surface area contributed by atoms with Crippen LogP contribution < -0.4 is 19.5 Å². The molecule has 43 heavy (non-hydrogen) atoms. The van der Waals surface area contributed by atoms with Crippen molar-refractivity contribution < 1.29 is 42.1 Å². The minimum Gasteiger partial charge on any atom is -0.494 e. The van der Waals surface area contributed by atoms with Crippen LogP contribution in [0.5, 0.6) is 17.2 Å². The molecule has 0 aliphatic carbocycles. The van der Waals surface area contributed by atoms with Crippen molar-refractivity contribution in [3.05, 3.63) is 89.5 Å². The van der Waals surface area contributed by atoms with Crippen molar-refractivity contribution in [3.8, 4) is 28.4 Å². The molecule has 2 heterocycles. The molecule has 0 radical (unpaired) electrons. The summed E-state index contributed by atoms with van der Waals surface area (Å²) in [6.07, 6.45) is -1.24. The van der Waals surface area contributed by atoms with E-state index in [1.165, 1.54) is 37.1 Å². The van der Waals surface area contributed by atoms with Gasteiger partial charge in [-0.2, -0.15) is 13.2 Å². The molecule has 2 aliphatic rings. The number of carboxylic acids is 1. The summed E-state index contributed by atoms with van der Waals surface area (Å²) in [5, 5.41) is 14.3. The number of hydrogen-bond donors (Lipinski definition) is 2. The number of rotatable bonds is 7. The van der Waals surface area contributed by atoms with E-state index in [1.807, 2.05) is 24.3 Å². The Morgan fingerprint density at radius 2 is 1.72 bits per heavy atom. The number of ether oxygens (including phenoxy) is 3. The molecule has 222 valence electrons. The van der Waals surface area contributed by atoms with Gasteiger partial charge in [-0.3, -0.25) is 0 Å². The fourth-order valence-corrected chi connectivity index (χ4v) is 5.70. The summed E-state index contributed by atoms with van der Waals surface area (Å²) in [7, 11) is 0. The van der Waals surface area contributed by atoms with E-state index < -0.39 is 24.2 Å². The van der Waals surface area contributed by atoms with Crippen molar-refractivity contribution in [3.63, 3.8) is 0 Å². The zero-order chi connectivity index (χ0) is 30.1. The highest BCUT2D eigenvalue weighted by Crippen LogP contribution is 2.48. The maximum Gasteiger partial charge on any atom is 0.491 e. The molecule has 10 heteroatoms. The Hall–Kier alpha value is -4.57. The van der Waals surface area contributed by atoms with Crippen LogP contribution in [0.1, 0.15) is 53.3 Å². The third-order valence-electron chi connectivity index (χ3n) is 7.83. The first-order valence-electron chi connectivity index (χ1n) is 14.0. The fraction of sp³-hybridized carbons (Fsp3) is 0.273. The van der Waals surface area contributed by atoms with Crippen LogP contribution in [0.4, 0.5) is 13.2 Å². The van der Waals surface area contributed by atoms with E-state index in [2.05, 4.69) is 10.1 Å². The van der Waals surface area contributed by atoms with Crippen LogP contribution in [-0.2, 0) is 4.79 Å². The Morgan fingerprint density at radius 1 is 0.930 bits per heavy atom. The first-order chi connectivity index (χ1) is 20.7. The third-order valence-corrected chi connectivity index (χ3v) is 7.83. The van der Waals surface area contributed by atoms with Crippen molar-refractivity contribution in [2.45, 2.75) is 44.0 Å². The summed E-state index contributed by atoms with van der Waals surface area (Å²) in [5.41, 5.74) is 2.90. The highest BCUT2D eigenvalue weighted by atomic mass is 19.4. The number of nitrogens with one attached hydrogen (secondary N) is 1. The zero-order valence-corrected chi connectivity index (χ0v) is 22.9. The quantitative estimate of drug-likeness (QED) is 0.175. The number of esters is 1. The minimum atomic E-state index is -5.13. The Morgan fingerprint density at radius 3 is 2.44 bits per heavy atom. The van der Waals surface area contributed by atoms with E-state index in [0.29, 0.717) is 40.3 Å². The second kappa shape index (κ2) is 11.6. The van der Waals surface area contributed by atoms with Crippen LogP contribution in [0.25, 0.3) is 21.9 Å². The number of hydrogen-bond acceptors (Lipinski definition) is 6. The summed E-state index contributed by atoms with van der Waals surface area (Å²) >= 11 is 0. The lowest BCUT2D eigenvalue weighted by Gasteiger charge is -2.31. The highest BCUT2D eigenvalue weighted by Gasteiger charge is 2.41. The highest BCUT2D eigenvalue weighted by molar-refractivity contribution is 5.97. The lowest BCUT2D eigenvalue weighted by Crippen LogP contribution is -2.35. The monoisotopic (exact) mass is 591 g/mol. The van der Waals surface area contributed by atoms with Gasteiger partial charge in [-0.15, -0.1) is 0 Å². The van der Waals surface area contributed by atoms with Crippen molar-refractivity contribution in [2.24, 2.45) is 0 Å². The number of halogens is 3. The summed E-state index contributed by atoms with van der Waals surface area (Å²) in [5.74, 6) is -2.42. The molecule has 2 aliphatic heterocycles. The van der Waals surface area contributed by atoms with Crippen LogP contribution in [0, 0.1) is 0 Å². The lowest BCUT2D eigenvalue weighted by molar-refractivity contribution is -0.189. The number of alkyl halides is 3. The number of carboxylic acid groups (broad SMARTS) is 1. The number of piperidine rings is 1. The van der Waals surface area contributed by atoms with Gasteiger partial charge >= 0.3 is 18.1 Å². The van der Waals surface area contributed by atoms with Gasteiger partial charge in [-0.05, 0) is 90.2 Å². The molecule has 2 N–H and O–H groups in total.